The summed E-state index contributed by atoms with van der Waals surface area (Å²) in [4.78, 5) is 15.1. The maximum atomic E-state index is 13.0. The summed E-state index contributed by atoms with van der Waals surface area (Å²) in [7, 11) is 6.58. The lowest BCUT2D eigenvalue weighted by Crippen LogP contribution is -2.19. The molecule has 0 radical (unpaired) electrons. The number of unbranched alkanes of at least 4 members (excludes halogenated alkanes) is 1. The van der Waals surface area contributed by atoms with Gasteiger partial charge in [-0.15, -0.1) is 0 Å². The Kier molecular flexibility index (Phi) is 7.07. The first-order valence-corrected chi connectivity index (χ1v) is 10.2. The number of ketones is 1. The third-order valence-electron chi connectivity index (χ3n) is 5.22. The molecule has 7 heteroatoms. The van der Waals surface area contributed by atoms with E-state index in [1.165, 1.54) is 21.3 Å². The van der Waals surface area contributed by atoms with E-state index < -0.39 is 0 Å². The SMILES string of the molecule is CCCCN(C)Cc1c(O)ccc2c1OC(=Cc1cc(OC)c(OC)c(OC)c1)C2=O. The van der Waals surface area contributed by atoms with Gasteiger partial charge in [0.15, 0.2) is 17.3 Å². The third kappa shape index (κ3) is 4.61. The van der Waals surface area contributed by atoms with Crippen LogP contribution >= 0.6 is 0 Å². The van der Waals surface area contributed by atoms with Gasteiger partial charge in [-0.2, -0.15) is 0 Å². The van der Waals surface area contributed by atoms with E-state index in [1.807, 2.05) is 7.05 Å². The van der Waals surface area contributed by atoms with Crippen LogP contribution < -0.4 is 18.9 Å². The molecule has 166 valence electrons. The number of carbonyl (C=O) groups is 1. The number of allylic oxidation sites excluding steroid dienone is 1. The zero-order valence-electron chi connectivity index (χ0n) is 18.7. The number of hydrogen-bond donors (Lipinski definition) is 1. The molecule has 0 unspecified atom stereocenters. The molecule has 1 aliphatic heterocycles. The first-order chi connectivity index (χ1) is 14.9. The fourth-order valence-corrected chi connectivity index (χ4v) is 3.56. The molecule has 7 nitrogen and oxygen atoms in total. The van der Waals surface area contributed by atoms with Gasteiger partial charge in [0.2, 0.25) is 11.5 Å². The maximum Gasteiger partial charge on any atom is 0.231 e. The van der Waals surface area contributed by atoms with Crippen molar-refractivity contribution in [2.45, 2.75) is 26.3 Å². The highest BCUT2D eigenvalue weighted by molar-refractivity contribution is 6.15. The molecule has 0 saturated carbocycles. The topological polar surface area (TPSA) is 77.5 Å². The van der Waals surface area contributed by atoms with Crippen LogP contribution in [0.1, 0.15) is 41.3 Å². The van der Waals surface area contributed by atoms with Gasteiger partial charge in [0.25, 0.3) is 0 Å². The van der Waals surface area contributed by atoms with Crippen molar-refractivity contribution in [2.24, 2.45) is 0 Å². The predicted octanol–water partition coefficient (Wildman–Crippen LogP) is 4.27. The molecule has 0 atom stereocenters. The average molecular weight is 427 g/mol. The number of aromatic hydroxyl groups is 1. The van der Waals surface area contributed by atoms with Crippen LogP contribution in [0.2, 0.25) is 0 Å². The molecule has 0 bridgehead atoms. The lowest BCUT2D eigenvalue weighted by atomic mass is 10.0. The number of benzene rings is 2. The highest BCUT2D eigenvalue weighted by Crippen LogP contribution is 2.42. The maximum absolute atomic E-state index is 13.0. The quantitative estimate of drug-likeness (QED) is 0.599. The highest BCUT2D eigenvalue weighted by Gasteiger charge is 2.31. The Bertz CT molecular complexity index is 973. The van der Waals surface area contributed by atoms with E-state index in [4.69, 9.17) is 18.9 Å². The molecule has 2 aromatic carbocycles. The Morgan fingerprint density at radius 2 is 1.77 bits per heavy atom. The molecule has 0 fully saturated rings. The minimum atomic E-state index is -0.235. The van der Waals surface area contributed by atoms with E-state index in [-0.39, 0.29) is 17.3 Å². The average Bonchev–Trinajstić information content (AvgIpc) is 3.08. The fourth-order valence-electron chi connectivity index (χ4n) is 3.56. The minimum Gasteiger partial charge on any atom is -0.507 e. The van der Waals surface area contributed by atoms with Crippen molar-refractivity contribution in [3.05, 3.63) is 46.7 Å². The molecule has 1 aliphatic rings. The summed E-state index contributed by atoms with van der Waals surface area (Å²) in [6.07, 6.45) is 3.77. The molecular formula is C24H29NO6. The van der Waals surface area contributed by atoms with Crippen molar-refractivity contribution in [2.75, 3.05) is 34.9 Å². The fraction of sp³-hybridized carbons (Fsp3) is 0.375. The number of nitrogens with zero attached hydrogens (tertiary/aromatic N) is 1. The van der Waals surface area contributed by atoms with Crippen LogP contribution in [-0.4, -0.2) is 50.7 Å². The molecule has 31 heavy (non-hydrogen) atoms. The van der Waals surface area contributed by atoms with E-state index in [0.717, 1.165) is 19.4 Å². The lowest BCUT2D eigenvalue weighted by molar-refractivity contribution is 0.101. The number of fused-ring (bicyclic) bond motifs is 1. The van der Waals surface area contributed by atoms with Crippen molar-refractivity contribution in [3.63, 3.8) is 0 Å². The van der Waals surface area contributed by atoms with Gasteiger partial charge in [-0.1, -0.05) is 13.3 Å². The number of rotatable bonds is 9. The molecule has 0 amide bonds. The molecule has 0 spiro atoms. The number of Topliss-reactive ketones (excluding diaryl/α,β-unsaturated/α-hetero) is 1. The Morgan fingerprint density at radius 1 is 1.10 bits per heavy atom. The standard InChI is InChI=1S/C24H29NO6/c1-6-7-10-25(2)14-17-18(26)9-8-16-22(27)19(31-23(16)17)11-15-12-20(28-3)24(30-5)21(13-15)29-4/h8-9,11-13,26H,6-7,10,14H2,1-5H3. The second kappa shape index (κ2) is 9.75. The monoisotopic (exact) mass is 427 g/mol. The predicted molar refractivity (Wildman–Crippen MR) is 118 cm³/mol. The summed E-state index contributed by atoms with van der Waals surface area (Å²) in [5.41, 5.74) is 1.71. The number of ether oxygens (including phenoxy) is 4. The second-order valence-corrected chi connectivity index (χ2v) is 7.43. The highest BCUT2D eigenvalue weighted by atomic mass is 16.5. The minimum absolute atomic E-state index is 0.115. The van der Waals surface area contributed by atoms with Gasteiger partial charge in [0.05, 0.1) is 32.5 Å². The Balaban J connectivity index is 1.96. The number of phenols is 1. The smallest absolute Gasteiger partial charge is 0.231 e. The van der Waals surface area contributed by atoms with Crippen LogP contribution in [-0.2, 0) is 6.54 Å². The summed E-state index contributed by atoms with van der Waals surface area (Å²) in [5.74, 6) is 1.89. The number of hydrogen-bond acceptors (Lipinski definition) is 7. The van der Waals surface area contributed by atoms with Gasteiger partial charge < -0.3 is 29.0 Å². The first-order valence-electron chi connectivity index (χ1n) is 10.2. The molecule has 2 aromatic rings. The van der Waals surface area contributed by atoms with Gasteiger partial charge in [0.1, 0.15) is 11.5 Å². The molecular weight excluding hydrogens is 398 g/mol. The van der Waals surface area contributed by atoms with Crippen LogP contribution in [0.5, 0.6) is 28.7 Å². The van der Waals surface area contributed by atoms with Crippen LogP contribution in [0.4, 0.5) is 0 Å². The van der Waals surface area contributed by atoms with Gasteiger partial charge in [-0.25, -0.2) is 0 Å². The summed E-state index contributed by atoms with van der Waals surface area (Å²) >= 11 is 0. The summed E-state index contributed by atoms with van der Waals surface area (Å²) < 4.78 is 22.1. The Morgan fingerprint density at radius 3 is 2.35 bits per heavy atom. The zero-order valence-corrected chi connectivity index (χ0v) is 18.7. The van der Waals surface area contributed by atoms with Crippen molar-refractivity contribution in [1.29, 1.82) is 0 Å². The van der Waals surface area contributed by atoms with E-state index in [2.05, 4.69) is 11.8 Å². The van der Waals surface area contributed by atoms with E-state index in [9.17, 15) is 9.90 Å². The van der Waals surface area contributed by atoms with Crippen molar-refractivity contribution >= 4 is 11.9 Å². The summed E-state index contributed by atoms with van der Waals surface area (Å²) in [6, 6.07) is 6.62. The molecule has 0 saturated heterocycles. The van der Waals surface area contributed by atoms with Crippen LogP contribution in [0.25, 0.3) is 6.08 Å². The first kappa shape index (κ1) is 22.5. The van der Waals surface area contributed by atoms with Crippen LogP contribution in [0.3, 0.4) is 0 Å². The largest absolute Gasteiger partial charge is 0.507 e. The van der Waals surface area contributed by atoms with Gasteiger partial charge in [-0.05, 0) is 55.9 Å². The van der Waals surface area contributed by atoms with Gasteiger partial charge in [0, 0.05) is 6.54 Å². The molecule has 0 aliphatic carbocycles. The summed E-state index contributed by atoms with van der Waals surface area (Å²) in [6.45, 7) is 3.51. The number of phenolic OH excluding ortho intramolecular Hbond substituents is 1. The second-order valence-electron chi connectivity index (χ2n) is 7.43. The van der Waals surface area contributed by atoms with E-state index in [1.54, 1.807) is 30.3 Å². The normalized spacial score (nSPS) is 14.0. The number of carbonyl (C=O) groups excluding carboxylic acids is 1. The molecule has 1 N–H and O–H groups in total. The van der Waals surface area contributed by atoms with E-state index in [0.29, 0.717) is 46.2 Å². The molecule has 3 rings (SSSR count). The van der Waals surface area contributed by atoms with Crippen molar-refractivity contribution in [1.82, 2.24) is 4.90 Å². The molecule has 1 heterocycles. The Hall–Kier alpha value is -3.19. The summed E-state index contributed by atoms with van der Waals surface area (Å²) in [5, 5.41) is 10.4. The van der Waals surface area contributed by atoms with Crippen molar-refractivity contribution in [3.8, 4) is 28.7 Å². The van der Waals surface area contributed by atoms with Gasteiger partial charge in [-0.3, -0.25) is 4.79 Å². The van der Waals surface area contributed by atoms with Crippen molar-refractivity contribution < 1.29 is 28.8 Å². The number of methoxy groups -OCH3 is 3. The molecule has 0 aromatic heterocycles. The van der Waals surface area contributed by atoms with Crippen LogP contribution in [0.15, 0.2) is 30.0 Å². The zero-order chi connectivity index (χ0) is 22.5. The van der Waals surface area contributed by atoms with E-state index >= 15 is 0 Å². The van der Waals surface area contributed by atoms with Crippen LogP contribution in [0, 0.1) is 0 Å². The Labute approximate surface area is 182 Å². The van der Waals surface area contributed by atoms with Gasteiger partial charge >= 0.3 is 0 Å². The lowest BCUT2D eigenvalue weighted by Gasteiger charge is -2.18. The third-order valence-corrected chi connectivity index (χ3v) is 5.22.